The van der Waals surface area contributed by atoms with Crippen molar-refractivity contribution in [3.63, 3.8) is 0 Å². The van der Waals surface area contributed by atoms with E-state index >= 15 is 0 Å². The molecule has 0 aliphatic rings. The van der Waals surface area contributed by atoms with Gasteiger partial charge in [-0.2, -0.15) is 10.1 Å². The molecule has 0 unspecified atom stereocenters. The highest BCUT2D eigenvalue weighted by atomic mass is 16.5. The molecule has 0 amide bonds. The van der Waals surface area contributed by atoms with E-state index in [1.54, 1.807) is 17.8 Å². The van der Waals surface area contributed by atoms with Crippen LogP contribution in [0.3, 0.4) is 0 Å². The van der Waals surface area contributed by atoms with Crippen molar-refractivity contribution in [2.45, 2.75) is 26.8 Å². The third-order valence-electron chi connectivity index (χ3n) is 2.27. The first-order chi connectivity index (χ1) is 8.72. The molecule has 96 valence electrons. The molecule has 0 aromatic carbocycles. The minimum absolute atomic E-state index is 0.340. The predicted molar refractivity (Wildman–Crippen MR) is 61.0 cm³/mol. The van der Waals surface area contributed by atoms with Crippen LogP contribution in [-0.4, -0.2) is 32.5 Å². The molecule has 18 heavy (non-hydrogen) atoms. The van der Waals surface area contributed by atoms with Crippen LogP contribution in [0.5, 0.6) is 0 Å². The number of esters is 1. The van der Waals surface area contributed by atoms with Gasteiger partial charge in [0.15, 0.2) is 5.82 Å². The molecule has 7 heteroatoms. The fourth-order valence-electron chi connectivity index (χ4n) is 1.41. The summed E-state index contributed by atoms with van der Waals surface area (Å²) >= 11 is 0. The second kappa shape index (κ2) is 5.44. The number of carbonyl (C=O) groups is 1. The third-order valence-corrected chi connectivity index (χ3v) is 2.27. The Kier molecular flexibility index (Phi) is 3.71. The summed E-state index contributed by atoms with van der Waals surface area (Å²) in [6.45, 7) is 4.38. The van der Waals surface area contributed by atoms with Gasteiger partial charge in [0.05, 0.1) is 18.4 Å². The number of hydrogen-bond acceptors (Lipinski definition) is 6. The van der Waals surface area contributed by atoms with E-state index < -0.39 is 0 Å². The summed E-state index contributed by atoms with van der Waals surface area (Å²) in [5.74, 6) is 0.733. The fraction of sp³-hybridized carbons (Fsp3) is 0.455. The molecule has 0 fully saturated rings. The lowest BCUT2D eigenvalue weighted by atomic mass is 10.4. The molecule has 0 atom stereocenters. The third kappa shape index (κ3) is 2.73. The van der Waals surface area contributed by atoms with Gasteiger partial charge in [-0.25, -0.2) is 4.79 Å². The molecule has 0 spiro atoms. The van der Waals surface area contributed by atoms with Gasteiger partial charge in [0, 0.05) is 12.6 Å². The minimum atomic E-state index is -0.386. The summed E-state index contributed by atoms with van der Waals surface area (Å²) in [6.07, 6.45) is 3.76. The number of rotatable bonds is 5. The van der Waals surface area contributed by atoms with Crippen molar-refractivity contribution < 1.29 is 14.1 Å². The van der Waals surface area contributed by atoms with Gasteiger partial charge in [-0.3, -0.25) is 4.68 Å². The molecule has 0 saturated carbocycles. The van der Waals surface area contributed by atoms with Crippen molar-refractivity contribution in [3.05, 3.63) is 29.7 Å². The van der Waals surface area contributed by atoms with Crippen LogP contribution in [0.4, 0.5) is 0 Å². The predicted octanol–water partition coefficient (Wildman–Crippen LogP) is 1.05. The molecule has 2 rings (SSSR count). The molecule has 0 bridgehead atoms. The smallest absolute Gasteiger partial charge is 0.341 e. The van der Waals surface area contributed by atoms with Crippen LogP contribution in [0, 0.1) is 0 Å². The molecule has 0 saturated heterocycles. The molecule has 7 nitrogen and oxygen atoms in total. The quantitative estimate of drug-likeness (QED) is 0.738. The Morgan fingerprint density at radius 3 is 3.00 bits per heavy atom. The molecule has 0 N–H and O–H groups in total. The summed E-state index contributed by atoms with van der Waals surface area (Å²) in [6, 6.07) is 0. The summed E-state index contributed by atoms with van der Waals surface area (Å²) in [5, 5.41) is 7.82. The van der Waals surface area contributed by atoms with E-state index in [2.05, 4.69) is 15.2 Å². The lowest BCUT2D eigenvalue weighted by molar-refractivity contribution is 0.0526. The minimum Gasteiger partial charge on any atom is -0.462 e. The van der Waals surface area contributed by atoms with E-state index in [-0.39, 0.29) is 5.97 Å². The zero-order valence-corrected chi connectivity index (χ0v) is 10.3. The Hall–Kier alpha value is -2.18. The maximum absolute atomic E-state index is 11.4. The first-order valence-electron chi connectivity index (χ1n) is 5.74. The van der Waals surface area contributed by atoms with Gasteiger partial charge in [0.2, 0.25) is 5.89 Å². The summed E-state index contributed by atoms with van der Waals surface area (Å²) in [4.78, 5) is 15.6. The van der Waals surface area contributed by atoms with Crippen LogP contribution in [0.15, 0.2) is 16.9 Å². The maximum atomic E-state index is 11.4. The van der Waals surface area contributed by atoms with Gasteiger partial charge >= 0.3 is 5.97 Å². The van der Waals surface area contributed by atoms with Crippen LogP contribution in [0.25, 0.3) is 0 Å². The molecule has 0 radical (unpaired) electrons. The van der Waals surface area contributed by atoms with Crippen molar-refractivity contribution in [2.75, 3.05) is 6.61 Å². The van der Waals surface area contributed by atoms with Crippen molar-refractivity contribution in [3.8, 4) is 0 Å². The largest absolute Gasteiger partial charge is 0.462 e. The number of nitrogens with zero attached hydrogens (tertiary/aromatic N) is 4. The Bertz CT molecular complexity index is 532. The molecule has 2 aromatic rings. The maximum Gasteiger partial charge on any atom is 0.341 e. The number of hydrogen-bond donors (Lipinski definition) is 0. The Balaban J connectivity index is 2.04. The van der Waals surface area contributed by atoms with Gasteiger partial charge in [0.1, 0.15) is 6.54 Å². The monoisotopic (exact) mass is 250 g/mol. The topological polar surface area (TPSA) is 83.0 Å². The highest BCUT2D eigenvalue weighted by Gasteiger charge is 2.11. The molecule has 2 heterocycles. The molecule has 0 aliphatic carbocycles. The number of ether oxygens (including phenoxy) is 1. The lowest BCUT2D eigenvalue weighted by Gasteiger charge is -1.97. The fourth-order valence-corrected chi connectivity index (χ4v) is 1.41. The SMILES string of the molecule is CCOC(=O)c1cnn(Cc2nc(CC)no2)c1. The first-order valence-corrected chi connectivity index (χ1v) is 5.74. The van der Waals surface area contributed by atoms with Crippen LogP contribution in [-0.2, 0) is 17.7 Å². The molecule has 0 aliphatic heterocycles. The van der Waals surface area contributed by atoms with Gasteiger partial charge in [-0.1, -0.05) is 12.1 Å². The normalized spacial score (nSPS) is 10.6. The average Bonchev–Trinajstić information content (AvgIpc) is 2.99. The lowest BCUT2D eigenvalue weighted by Crippen LogP contribution is -2.04. The Morgan fingerprint density at radius 1 is 1.50 bits per heavy atom. The average molecular weight is 250 g/mol. The van der Waals surface area contributed by atoms with Gasteiger partial charge < -0.3 is 9.26 Å². The van der Waals surface area contributed by atoms with Gasteiger partial charge in [0.25, 0.3) is 0 Å². The number of aryl methyl sites for hydroxylation is 1. The standard InChI is InChI=1S/C11H14N4O3/c1-3-9-13-10(18-14-9)7-15-6-8(5-12-15)11(16)17-4-2/h5-6H,3-4,7H2,1-2H3. The van der Waals surface area contributed by atoms with Crippen molar-refractivity contribution in [1.29, 1.82) is 0 Å². The molecular formula is C11H14N4O3. The van der Waals surface area contributed by atoms with E-state index in [9.17, 15) is 4.79 Å². The zero-order valence-electron chi connectivity index (χ0n) is 10.3. The van der Waals surface area contributed by atoms with Crippen LogP contribution >= 0.6 is 0 Å². The van der Waals surface area contributed by atoms with Crippen molar-refractivity contribution in [1.82, 2.24) is 19.9 Å². The second-order valence-corrected chi connectivity index (χ2v) is 3.60. The van der Waals surface area contributed by atoms with E-state index in [0.717, 1.165) is 6.42 Å². The van der Waals surface area contributed by atoms with Crippen LogP contribution in [0.2, 0.25) is 0 Å². The van der Waals surface area contributed by atoms with Crippen LogP contribution in [0.1, 0.15) is 35.9 Å². The van der Waals surface area contributed by atoms with E-state index in [0.29, 0.717) is 30.4 Å². The zero-order chi connectivity index (χ0) is 13.0. The number of carbonyl (C=O) groups excluding carboxylic acids is 1. The van der Waals surface area contributed by atoms with Crippen LogP contribution < -0.4 is 0 Å². The Labute approximate surface area is 104 Å². The molecular weight excluding hydrogens is 236 g/mol. The van der Waals surface area contributed by atoms with E-state index in [1.807, 2.05) is 6.92 Å². The van der Waals surface area contributed by atoms with E-state index in [4.69, 9.17) is 9.26 Å². The van der Waals surface area contributed by atoms with E-state index in [1.165, 1.54) is 6.20 Å². The summed E-state index contributed by atoms with van der Waals surface area (Å²) in [5.41, 5.74) is 0.409. The highest BCUT2D eigenvalue weighted by Crippen LogP contribution is 2.04. The number of aromatic nitrogens is 4. The van der Waals surface area contributed by atoms with Crippen molar-refractivity contribution >= 4 is 5.97 Å². The van der Waals surface area contributed by atoms with Gasteiger partial charge in [-0.15, -0.1) is 0 Å². The molecule has 2 aromatic heterocycles. The summed E-state index contributed by atoms with van der Waals surface area (Å²) < 4.78 is 11.5. The Morgan fingerprint density at radius 2 is 2.33 bits per heavy atom. The summed E-state index contributed by atoms with van der Waals surface area (Å²) in [7, 11) is 0. The van der Waals surface area contributed by atoms with Gasteiger partial charge in [-0.05, 0) is 6.92 Å². The van der Waals surface area contributed by atoms with Crippen molar-refractivity contribution in [2.24, 2.45) is 0 Å². The highest BCUT2D eigenvalue weighted by molar-refractivity contribution is 5.88. The second-order valence-electron chi connectivity index (χ2n) is 3.60. The first kappa shape index (κ1) is 12.3.